The predicted molar refractivity (Wildman–Crippen MR) is 119 cm³/mol. The SMILES string of the molecule is CCn1c(=O)[nH]/c(=N\c2ccc(Oc3cnc(C#N)cn3)cc2)n(Cc2ccc(F)cc2)c1=O. The van der Waals surface area contributed by atoms with Crippen LogP contribution in [-0.2, 0) is 13.1 Å². The van der Waals surface area contributed by atoms with Crippen LogP contribution in [0.25, 0.3) is 0 Å². The van der Waals surface area contributed by atoms with Gasteiger partial charge < -0.3 is 4.74 Å². The van der Waals surface area contributed by atoms with E-state index in [1.54, 1.807) is 43.3 Å². The molecule has 0 saturated carbocycles. The minimum absolute atomic E-state index is 0.0515. The first-order chi connectivity index (χ1) is 16.5. The van der Waals surface area contributed by atoms with E-state index in [1.165, 1.54) is 29.1 Å². The largest absolute Gasteiger partial charge is 0.438 e. The van der Waals surface area contributed by atoms with Crippen molar-refractivity contribution in [3.63, 3.8) is 0 Å². The van der Waals surface area contributed by atoms with Crippen LogP contribution in [0.1, 0.15) is 18.2 Å². The molecule has 4 rings (SSSR count). The van der Waals surface area contributed by atoms with Crippen LogP contribution in [0.5, 0.6) is 11.6 Å². The van der Waals surface area contributed by atoms with Gasteiger partial charge in [-0.3, -0.25) is 9.55 Å². The lowest BCUT2D eigenvalue weighted by Gasteiger charge is -2.10. The number of nitriles is 1. The summed E-state index contributed by atoms with van der Waals surface area (Å²) in [5, 5.41) is 8.78. The van der Waals surface area contributed by atoms with Crippen LogP contribution in [0, 0.1) is 17.1 Å². The summed E-state index contributed by atoms with van der Waals surface area (Å²) < 4.78 is 21.2. The lowest BCUT2D eigenvalue weighted by atomic mass is 10.2. The normalized spacial score (nSPS) is 11.3. The number of rotatable bonds is 6. The zero-order valence-electron chi connectivity index (χ0n) is 18.0. The molecular weight excluding hydrogens is 441 g/mol. The molecular formula is C23H18FN7O3. The molecule has 0 spiro atoms. The zero-order valence-corrected chi connectivity index (χ0v) is 18.0. The summed E-state index contributed by atoms with van der Waals surface area (Å²) in [6, 6.07) is 14.1. The van der Waals surface area contributed by atoms with Crippen LogP contribution in [0.4, 0.5) is 10.1 Å². The third kappa shape index (κ3) is 4.97. The van der Waals surface area contributed by atoms with Crippen LogP contribution in [-0.4, -0.2) is 24.1 Å². The Morgan fingerprint density at radius 2 is 1.79 bits per heavy atom. The molecule has 0 aliphatic carbocycles. The molecule has 2 aromatic carbocycles. The van der Waals surface area contributed by atoms with Crippen molar-refractivity contribution in [3.8, 4) is 17.7 Å². The molecule has 0 fully saturated rings. The second kappa shape index (κ2) is 9.74. The number of nitrogens with zero attached hydrogens (tertiary/aromatic N) is 6. The average molecular weight is 459 g/mol. The van der Waals surface area contributed by atoms with Crippen molar-refractivity contribution in [1.29, 1.82) is 5.26 Å². The number of aromatic nitrogens is 5. The van der Waals surface area contributed by atoms with Gasteiger partial charge in [0.25, 0.3) is 0 Å². The Bertz CT molecular complexity index is 1530. The van der Waals surface area contributed by atoms with Crippen LogP contribution in [0.3, 0.4) is 0 Å². The Morgan fingerprint density at radius 1 is 1.06 bits per heavy atom. The van der Waals surface area contributed by atoms with Crippen LogP contribution >= 0.6 is 0 Å². The van der Waals surface area contributed by atoms with Crippen LogP contribution in [0.15, 0.2) is 75.5 Å². The van der Waals surface area contributed by atoms with Crippen LogP contribution < -0.4 is 21.7 Å². The molecule has 0 aliphatic rings. The summed E-state index contributed by atoms with van der Waals surface area (Å²) in [6.07, 6.45) is 2.64. The van der Waals surface area contributed by atoms with Gasteiger partial charge in [0.15, 0.2) is 5.69 Å². The number of ether oxygens (including phenoxy) is 1. The third-order valence-corrected chi connectivity index (χ3v) is 4.79. The number of hydrogen-bond donors (Lipinski definition) is 1. The molecule has 0 saturated heterocycles. The Kier molecular flexibility index (Phi) is 6.40. The smallest absolute Gasteiger partial charge is 0.335 e. The second-order valence-electron chi connectivity index (χ2n) is 7.05. The molecule has 0 amide bonds. The fourth-order valence-electron chi connectivity index (χ4n) is 3.09. The van der Waals surface area contributed by atoms with Crippen molar-refractivity contribution in [1.82, 2.24) is 24.1 Å². The lowest BCUT2D eigenvalue weighted by molar-refractivity contribution is 0.460. The van der Waals surface area contributed by atoms with E-state index in [1.807, 2.05) is 6.07 Å². The first kappa shape index (κ1) is 22.3. The van der Waals surface area contributed by atoms with Gasteiger partial charge in [-0.2, -0.15) is 5.26 Å². The minimum atomic E-state index is -0.582. The maximum Gasteiger partial charge on any atom is 0.335 e. The third-order valence-electron chi connectivity index (χ3n) is 4.79. The van der Waals surface area contributed by atoms with E-state index in [0.29, 0.717) is 17.0 Å². The van der Waals surface area contributed by atoms with E-state index >= 15 is 0 Å². The van der Waals surface area contributed by atoms with Gasteiger partial charge in [-0.05, 0) is 48.9 Å². The molecule has 34 heavy (non-hydrogen) atoms. The van der Waals surface area contributed by atoms with Gasteiger partial charge in [-0.15, -0.1) is 0 Å². The fraction of sp³-hybridized carbons (Fsp3) is 0.130. The number of hydrogen-bond acceptors (Lipinski definition) is 7. The summed E-state index contributed by atoms with van der Waals surface area (Å²) in [6.45, 7) is 1.96. The molecule has 10 nitrogen and oxygen atoms in total. The van der Waals surface area contributed by atoms with E-state index in [2.05, 4.69) is 19.9 Å². The van der Waals surface area contributed by atoms with Crippen molar-refractivity contribution >= 4 is 5.69 Å². The van der Waals surface area contributed by atoms with E-state index in [9.17, 15) is 14.0 Å². The maximum atomic E-state index is 13.3. The Morgan fingerprint density at radius 3 is 2.41 bits per heavy atom. The fourth-order valence-corrected chi connectivity index (χ4v) is 3.09. The summed E-state index contributed by atoms with van der Waals surface area (Å²) in [4.78, 5) is 40.2. The molecule has 1 N–H and O–H groups in total. The lowest BCUT2D eigenvalue weighted by Crippen LogP contribution is -2.49. The standard InChI is InChI=1S/C23H18FN7O3/c1-2-30-22(32)29-21(31(23(30)33)14-15-3-5-16(24)6-4-15)28-17-7-9-19(10-8-17)34-20-13-26-18(11-25)12-27-20/h3-10,12-13H,2,14H2,1H3,(H,28,29,32). The van der Waals surface area contributed by atoms with Crippen molar-refractivity contribution < 1.29 is 9.13 Å². The van der Waals surface area contributed by atoms with Crippen molar-refractivity contribution in [2.45, 2.75) is 20.0 Å². The average Bonchev–Trinajstić information content (AvgIpc) is 2.84. The summed E-state index contributed by atoms with van der Waals surface area (Å²) in [5.41, 5.74) is 0.233. The highest BCUT2D eigenvalue weighted by Gasteiger charge is 2.09. The van der Waals surface area contributed by atoms with Gasteiger partial charge in [0.2, 0.25) is 11.5 Å². The number of aromatic amines is 1. The second-order valence-corrected chi connectivity index (χ2v) is 7.05. The van der Waals surface area contributed by atoms with Gasteiger partial charge in [0.1, 0.15) is 17.6 Å². The molecule has 2 aromatic heterocycles. The van der Waals surface area contributed by atoms with Crippen LogP contribution in [0.2, 0.25) is 0 Å². The van der Waals surface area contributed by atoms with E-state index in [4.69, 9.17) is 10.00 Å². The first-order valence-electron chi connectivity index (χ1n) is 10.2. The van der Waals surface area contributed by atoms with Gasteiger partial charge in [0, 0.05) is 6.54 Å². The predicted octanol–water partition coefficient (Wildman–Crippen LogP) is 2.23. The van der Waals surface area contributed by atoms with Crippen molar-refractivity contribution in [3.05, 3.63) is 105 Å². The quantitative estimate of drug-likeness (QED) is 0.470. The van der Waals surface area contributed by atoms with Gasteiger partial charge in [-0.25, -0.2) is 33.5 Å². The molecule has 4 aromatic rings. The number of benzene rings is 2. The Labute approximate surface area is 191 Å². The molecule has 0 unspecified atom stereocenters. The zero-order chi connectivity index (χ0) is 24.1. The molecule has 2 heterocycles. The number of halogens is 1. The maximum absolute atomic E-state index is 13.3. The Hall–Kier alpha value is -4.85. The number of nitrogens with one attached hydrogen (secondary N) is 1. The first-order valence-corrected chi connectivity index (χ1v) is 10.2. The van der Waals surface area contributed by atoms with E-state index in [-0.39, 0.29) is 36.1 Å². The molecule has 11 heteroatoms. The summed E-state index contributed by atoms with van der Waals surface area (Å²) >= 11 is 0. The molecule has 170 valence electrons. The van der Waals surface area contributed by atoms with E-state index in [0.717, 1.165) is 4.57 Å². The van der Waals surface area contributed by atoms with E-state index < -0.39 is 11.4 Å². The van der Waals surface area contributed by atoms with Gasteiger partial charge in [-0.1, -0.05) is 12.1 Å². The Balaban J connectivity index is 1.68. The minimum Gasteiger partial charge on any atom is -0.438 e. The topological polar surface area (TPSA) is 131 Å². The highest BCUT2D eigenvalue weighted by atomic mass is 19.1. The highest BCUT2D eigenvalue weighted by Crippen LogP contribution is 2.21. The summed E-state index contributed by atoms with van der Waals surface area (Å²) in [5.74, 6) is 0.278. The van der Waals surface area contributed by atoms with Crippen molar-refractivity contribution in [2.24, 2.45) is 4.99 Å². The molecule has 0 bridgehead atoms. The monoisotopic (exact) mass is 459 g/mol. The van der Waals surface area contributed by atoms with Gasteiger partial charge in [0.05, 0.1) is 24.6 Å². The molecule has 0 aliphatic heterocycles. The van der Waals surface area contributed by atoms with Gasteiger partial charge >= 0.3 is 11.4 Å². The highest BCUT2D eigenvalue weighted by molar-refractivity contribution is 5.42. The molecule has 0 radical (unpaired) electrons. The molecule has 0 atom stereocenters. The van der Waals surface area contributed by atoms with Crippen molar-refractivity contribution in [2.75, 3.05) is 0 Å². The summed E-state index contributed by atoms with van der Waals surface area (Å²) in [7, 11) is 0. The number of H-pyrrole nitrogens is 1.